The van der Waals surface area contributed by atoms with E-state index in [1.807, 2.05) is 0 Å². The largest absolute Gasteiger partial charge is 0.465 e. The summed E-state index contributed by atoms with van der Waals surface area (Å²) in [5.41, 5.74) is 0.330. The van der Waals surface area contributed by atoms with Crippen molar-refractivity contribution in [3.63, 3.8) is 0 Å². The highest BCUT2D eigenvalue weighted by Gasteiger charge is 2.27. The summed E-state index contributed by atoms with van der Waals surface area (Å²) in [7, 11) is -2.28. The molecule has 0 atom stereocenters. The molecule has 2 heterocycles. The average molecular weight is 397 g/mol. The number of sulfonamides is 1. The minimum absolute atomic E-state index is 0.162. The molecule has 0 spiro atoms. The summed E-state index contributed by atoms with van der Waals surface area (Å²) < 4.78 is 37.7. The van der Waals surface area contributed by atoms with Crippen molar-refractivity contribution >= 4 is 16.0 Å². The molecule has 1 aromatic carbocycles. The second kappa shape index (κ2) is 9.14. The van der Waals surface area contributed by atoms with Crippen LogP contribution >= 0.6 is 0 Å². The number of carbonyl (C=O) groups excluding carboxylic acids is 1. The average Bonchev–Trinajstić information content (AvgIpc) is 2.73. The summed E-state index contributed by atoms with van der Waals surface area (Å²) >= 11 is 0. The Kier molecular flexibility index (Phi) is 6.86. The van der Waals surface area contributed by atoms with E-state index in [1.165, 1.54) is 31.4 Å². The number of rotatable bonds is 6. The molecule has 0 aliphatic carbocycles. The number of methoxy groups -OCH3 is 1. The van der Waals surface area contributed by atoms with Crippen molar-refractivity contribution in [2.24, 2.45) is 5.92 Å². The first-order chi connectivity index (χ1) is 13.0. The van der Waals surface area contributed by atoms with Gasteiger partial charge in [-0.25, -0.2) is 17.9 Å². The fraction of sp³-hybridized carbons (Fsp3) is 0.632. The Bertz CT molecular complexity index is 721. The molecule has 3 rings (SSSR count). The van der Waals surface area contributed by atoms with Gasteiger partial charge < -0.3 is 14.4 Å². The van der Waals surface area contributed by atoms with E-state index in [0.29, 0.717) is 24.1 Å². The van der Waals surface area contributed by atoms with Gasteiger partial charge in [-0.3, -0.25) is 0 Å². The molecule has 2 aliphatic rings. The highest BCUT2D eigenvalue weighted by molar-refractivity contribution is 7.89. The molecule has 0 unspecified atom stereocenters. The third-order valence-corrected chi connectivity index (χ3v) is 6.94. The first-order valence-electron chi connectivity index (χ1n) is 9.49. The van der Waals surface area contributed by atoms with Crippen molar-refractivity contribution in [1.29, 1.82) is 0 Å². The van der Waals surface area contributed by atoms with E-state index in [0.717, 1.165) is 52.0 Å². The maximum absolute atomic E-state index is 12.5. The number of carbonyl (C=O) groups is 1. The zero-order valence-electron chi connectivity index (χ0n) is 15.7. The number of ether oxygens (including phenoxy) is 2. The van der Waals surface area contributed by atoms with Gasteiger partial charge in [0.05, 0.1) is 17.6 Å². The van der Waals surface area contributed by atoms with E-state index < -0.39 is 16.0 Å². The van der Waals surface area contributed by atoms with Crippen molar-refractivity contribution in [1.82, 2.24) is 9.62 Å². The number of esters is 1. The van der Waals surface area contributed by atoms with Crippen molar-refractivity contribution in [2.45, 2.75) is 36.6 Å². The number of benzene rings is 1. The number of piperidine rings is 1. The smallest absolute Gasteiger partial charge is 0.337 e. The highest BCUT2D eigenvalue weighted by atomic mass is 32.2. The maximum Gasteiger partial charge on any atom is 0.337 e. The lowest BCUT2D eigenvalue weighted by Gasteiger charge is -2.39. The summed E-state index contributed by atoms with van der Waals surface area (Å²) in [4.78, 5) is 14.1. The van der Waals surface area contributed by atoms with E-state index in [4.69, 9.17) is 4.74 Å². The van der Waals surface area contributed by atoms with Crippen LogP contribution in [0.25, 0.3) is 0 Å². The molecule has 27 heavy (non-hydrogen) atoms. The molecule has 2 aliphatic heterocycles. The number of hydrogen-bond donors (Lipinski definition) is 1. The van der Waals surface area contributed by atoms with E-state index in [1.54, 1.807) is 0 Å². The minimum atomic E-state index is -3.58. The summed E-state index contributed by atoms with van der Waals surface area (Å²) in [6.45, 7) is 4.18. The van der Waals surface area contributed by atoms with Crippen molar-refractivity contribution in [3.05, 3.63) is 29.8 Å². The molecule has 0 bridgehead atoms. The van der Waals surface area contributed by atoms with E-state index >= 15 is 0 Å². The zero-order valence-corrected chi connectivity index (χ0v) is 16.5. The van der Waals surface area contributed by atoms with Crippen LogP contribution in [-0.2, 0) is 19.5 Å². The van der Waals surface area contributed by atoms with Crippen molar-refractivity contribution in [2.75, 3.05) is 40.0 Å². The van der Waals surface area contributed by atoms with Gasteiger partial charge in [0.2, 0.25) is 10.0 Å². The molecule has 0 radical (unpaired) electrons. The van der Waals surface area contributed by atoms with Crippen LogP contribution in [0, 0.1) is 5.92 Å². The fourth-order valence-corrected chi connectivity index (χ4v) is 4.89. The van der Waals surface area contributed by atoms with Crippen LogP contribution in [0.4, 0.5) is 0 Å². The van der Waals surface area contributed by atoms with E-state index in [-0.39, 0.29) is 4.90 Å². The Balaban J connectivity index is 1.48. The van der Waals surface area contributed by atoms with Gasteiger partial charge in [-0.15, -0.1) is 0 Å². The standard InChI is InChI=1S/C19H28N2O5S/c1-25-19(22)16-2-4-18(5-3-16)27(23,24)20-14-15-6-10-21(11-7-15)17-8-12-26-13-9-17/h2-5,15,17,20H,6-14H2,1H3. The van der Waals surface area contributed by atoms with Gasteiger partial charge in [-0.1, -0.05) is 0 Å². The second-order valence-electron chi connectivity index (χ2n) is 7.19. The molecule has 7 nitrogen and oxygen atoms in total. The summed E-state index contributed by atoms with van der Waals surface area (Å²) in [5.74, 6) is -0.131. The van der Waals surface area contributed by atoms with Crippen molar-refractivity contribution in [3.8, 4) is 0 Å². The van der Waals surface area contributed by atoms with Gasteiger partial charge in [-0.05, 0) is 69.0 Å². The first-order valence-corrected chi connectivity index (χ1v) is 11.0. The van der Waals surface area contributed by atoms with Gasteiger partial charge in [0, 0.05) is 25.8 Å². The number of likely N-dealkylation sites (tertiary alicyclic amines) is 1. The van der Waals surface area contributed by atoms with E-state index in [9.17, 15) is 13.2 Å². The maximum atomic E-state index is 12.5. The van der Waals surface area contributed by atoms with E-state index in [2.05, 4.69) is 14.4 Å². The zero-order chi connectivity index (χ0) is 19.3. The number of nitrogens with one attached hydrogen (secondary N) is 1. The molecule has 8 heteroatoms. The molecule has 2 fully saturated rings. The summed E-state index contributed by atoms with van der Waals surface area (Å²) in [6, 6.07) is 6.41. The first kappa shape index (κ1) is 20.3. The molecule has 0 amide bonds. The van der Waals surface area contributed by atoms with Gasteiger partial charge in [0.1, 0.15) is 0 Å². The van der Waals surface area contributed by atoms with Crippen molar-refractivity contribution < 1.29 is 22.7 Å². The predicted octanol–water partition coefficient (Wildman–Crippen LogP) is 1.64. The molecular formula is C19H28N2O5S. The molecule has 0 aromatic heterocycles. The third-order valence-electron chi connectivity index (χ3n) is 5.50. The fourth-order valence-electron chi connectivity index (χ4n) is 3.77. The third kappa shape index (κ3) is 5.28. The topological polar surface area (TPSA) is 84.9 Å². The molecule has 2 saturated heterocycles. The van der Waals surface area contributed by atoms with Crippen LogP contribution in [0.3, 0.4) is 0 Å². The lowest BCUT2D eigenvalue weighted by Crippen LogP contribution is -2.45. The Morgan fingerprint density at radius 2 is 1.78 bits per heavy atom. The quantitative estimate of drug-likeness (QED) is 0.736. The van der Waals surface area contributed by atoms with Crippen LogP contribution in [-0.4, -0.2) is 65.3 Å². The Labute approximate surface area is 161 Å². The molecule has 150 valence electrons. The lowest BCUT2D eigenvalue weighted by atomic mass is 9.94. The monoisotopic (exact) mass is 396 g/mol. The van der Waals surface area contributed by atoms with Crippen LogP contribution in [0.15, 0.2) is 29.2 Å². The SMILES string of the molecule is COC(=O)c1ccc(S(=O)(=O)NCC2CCN(C3CCOCC3)CC2)cc1. The van der Waals surface area contributed by atoms with Gasteiger partial charge in [-0.2, -0.15) is 0 Å². The van der Waals surface area contributed by atoms with Crippen LogP contribution in [0.2, 0.25) is 0 Å². The Morgan fingerprint density at radius 3 is 2.37 bits per heavy atom. The predicted molar refractivity (Wildman–Crippen MR) is 101 cm³/mol. The second-order valence-corrected chi connectivity index (χ2v) is 8.96. The van der Waals surface area contributed by atoms with Crippen LogP contribution in [0.5, 0.6) is 0 Å². The van der Waals surface area contributed by atoms with Gasteiger partial charge >= 0.3 is 5.97 Å². The number of nitrogens with zero attached hydrogens (tertiary/aromatic N) is 1. The molecule has 1 aromatic rings. The Morgan fingerprint density at radius 1 is 1.15 bits per heavy atom. The van der Waals surface area contributed by atoms with Gasteiger partial charge in [0.25, 0.3) is 0 Å². The minimum Gasteiger partial charge on any atom is -0.465 e. The lowest BCUT2D eigenvalue weighted by molar-refractivity contribution is 0.0214. The highest BCUT2D eigenvalue weighted by Crippen LogP contribution is 2.23. The summed E-state index contributed by atoms with van der Waals surface area (Å²) in [5, 5.41) is 0. The molecule has 1 N–H and O–H groups in total. The Hall–Kier alpha value is -1.48. The summed E-state index contributed by atoms with van der Waals surface area (Å²) in [6.07, 6.45) is 4.19. The molecular weight excluding hydrogens is 368 g/mol. The van der Waals surface area contributed by atoms with Gasteiger partial charge in [0.15, 0.2) is 0 Å². The van der Waals surface area contributed by atoms with Crippen LogP contribution in [0.1, 0.15) is 36.0 Å². The van der Waals surface area contributed by atoms with Crippen LogP contribution < -0.4 is 4.72 Å². The normalized spacial score (nSPS) is 20.5. The number of hydrogen-bond acceptors (Lipinski definition) is 6. The molecule has 0 saturated carbocycles.